The number of ether oxygens (including phenoxy) is 2. The number of esters is 1. The lowest BCUT2D eigenvalue weighted by molar-refractivity contribution is -0.123. The van der Waals surface area contributed by atoms with Crippen molar-refractivity contribution in [3.63, 3.8) is 0 Å². The standard InChI is InChI=1S/C22H14Br2Cl2N2O4/c23-14-5-7-19(32-22(30)16-3-1-2-4-18(16)26)13(9-14)11-27-28-21(29)12-31-20-8-6-15(25)10-17(20)24/h1-11H,12H2,(H,28,29)/b27-11+. The van der Waals surface area contributed by atoms with Crippen LogP contribution >= 0.6 is 55.1 Å². The smallest absolute Gasteiger partial charge is 0.345 e. The molecule has 0 fully saturated rings. The predicted molar refractivity (Wildman–Crippen MR) is 131 cm³/mol. The molecule has 10 heteroatoms. The molecule has 3 aromatic rings. The van der Waals surface area contributed by atoms with Crippen LogP contribution in [0.4, 0.5) is 0 Å². The minimum absolute atomic E-state index is 0.235. The normalized spacial score (nSPS) is 10.8. The average molecular weight is 601 g/mol. The summed E-state index contributed by atoms with van der Waals surface area (Å²) in [6, 6.07) is 16.5. The van der Waals surface area contributed by atoms with Crippen LogP contribution in [0.5, 0.6) is 11.5 Å². The van der Waals surface area contributed by atoms with Gasteiger partial charge in [0.1, 0.15) is 11.5 Å². The minimum Gasteiger partial charge on any atom is -0.483 e. The molecule has 3 aromatic carbocycles. The molecule has 1 amide bonds. The van der Waals surface area contributed by atoms with E-state index in [4.69, 9.17) is 32.7 Å². The first-order chi connectivity index (χ1) is 15.3. The monoisotopic (exact) mass is 598 g/mol. The molecule has 0 radical (unpaired) electrons. The van der Waals surface area contributed by atoms with Crippen LogP contribution in [0.1, 0.15) is 15.9 Å². The van der Waals surface area contributed by atoms with Crippen LogP contribution in [0.25, 0.3) is 0 Å². The van der Waals surface area contributed by atoms with Crippen LogP contribution in [0.3, 0.4) is 0 Å². The molecule has 32 heavy (non-hydrogen) atoms. The van der Waals surface area contributed by atoms with Crippen LogP contribution < -0.4 is 14.9 Å². The van der Waals surface area contributed by atoms with Crippen LogP contribution in [0.2, 0.25) is 10.0 Å². The first-order valence-corrected chi connectivity index (χ1v) is 11.3. The molecule has 3 rings (SSSR count). The SMILES string of the molecule is O=C(COc1ccc(Cl)cc1Br)N/N=C/c1cc(Br)ccc1OC(=O)c1ccccc1Cl. The van der Waals surface area contributed by atoms with E-state index in [1.54, 1.807) is 60.7 Å². The third-order valence-corrected chi connectivity index (χ3v) is 5.59. The lowest BCUT2D eigenvalue weighted by atomic mass is 10.2. The van der Waals surface area contributed by atoms with Gasteiger partial charge in [0.25, 0.3) is 5.91 Å². The molecule has 0 saturated carbocycles. The molecular formula is C22H14Br2Cl2N2O4. The van der Waals surface area contributed by atoms with Crippen LogP contribution in [-0.4, -0.2) is 24.7 Å². The molecule has 0 heterocycles. The maximum Gasteiger partial charge on any atom is 0.345 e. The van der Waals surface area contributed by atoms with E-state index in [2.05, 4.69) is 42.4 Å². The number of hydrogen-bond acceptors (Lipinski definition) is 5. The van der Waals surface area contributed by atoms with Gasteiger partial charge in [0.15, 0.2) is 6.61 Å². The summed E-state index contributed by atoms with van der Waals surface area (Å²) in [5, 5.41) is 4.74. The molecule has 0 bridgehead atoms. The van der Waals surface area contributed by atoms with E-state index in [-0.39, 0.29) is 22.9 Å². The molecule has 6 nitrogen and oxygen atoms in total. The largest absolute Gasteiger partial charge is 0.483 e. The van der Waals surface area contributed by atoms with Gasteiger partial charge >= 0.3 is 5.97 Å². The van der Waals surface area contributed by atoms with Crippen molar-refractivity contribution in [3.8, 4) is 11.5 Å². The summed E-state index contributed by atoms with van der Waals surface area (Å²) in [6.07, 6.45) is 1.36. The minimum atomic E-state index is -0.612. The molecule has 0 unspecified atom stereocenters. The maximum absolute atomic E-state index is 12.5. The lowest BCUT2D eigenvalue weighted by Crippen LogP contribution is -2.24. The summed E-state index contributed by atoms with van der Waals surface area (Å²) in [5.74, 6) is -0.377. The number of halogens is 4. The van der Waals surface area contributed by atoms with Gasteiger partial charge in [0, 0.05) is 15.1 Å². The average Bonchev–Trinajstić information content (AvgIpc) is 2.75. The van der Waals surface area contributed by atoms with E-state index in [0.29, 0.717) is 20.8 Å². The highest BCUT2D eigenvalue weighted by Gasteiger charge is 2.14. The van der Waals surface area contributed by atoms with Crippen molar-refractivity contribution in [1.82, 2.24) is 5.43 Å². The number of hydrogen-bond donors (Lipinski definition) is 1. The summed E-state index contributed by atoms with van der Waals surface area (Å²) < 4.78 is 12.3. The molecule has 0 aromatic heterocycles. The quantitative estimate of drug-likeness (QED) is 0.150. The molecule has 0 aliphatic heterocycles. The fraction of sp³-hybridized carbons (Fsp3) is 0.0455. The van der Waals surface area contributed by atoms with Crippen molar-refractivity contribution in [3.05, 3.63) is 90.8 Å². The molecule has 0 aliphatic carbocycles. The van der Waals surface area contributed by atoms with Crippen molar-refractivity contribution in [2.75, 3.05) is 6.61 Å². The second-order valence-electron chi connectivity index (χ2n) is 6.21. The second-order valence-corrected chi connectivity index (χ2v) is 8.82. The summed E-state index contributed by atoms with van der Waals surface area (Å²) in [5.41, 5.74) is 3.05. The van der Waals surface area contributed by atoms with Gasteiger partial charge in [0.05, 0.1) is 21.3 Å². The molecule has 0 saturated heterocycles. The predicted octanol–water partition coefficient (Wildman–Crippen LogP) is 6.27. The van der Waals surface area contributed by atoms with E-state index in [0.717, 1.165) is 4.47 Å². The number of benzene rings is 3. The fourth-order valence-electron chi connectivity index (χ4n) is 2.44. The Balaban J connectivity index is 1.63. The number of carbonyl (C=O) groups excluding carboxylic acids is 2. The summed E-state index contributed by atoms with van der Waals surface area (Å²) >= 11 is 18.6. The first kappa shape index (κ1) is 24.3. The zero-order valence-electron chi connectivity index (χ0n) is 16.2. The molecule has 0 spiro atoms. The van der Waals surface area contributed by atoms with Gasteiger partial charge in [-0.2, -0.15) is 5.10 Å². The van der Waals surface area contributed by atoms with Crippen molar-refractivity contribution < 1.29 is 19.1 Å². The first-order valence-electron chi connectivity index (χ1n) is 8.99. The second kappa shape index (κ2) is 11.5. The van der Waals surface area contributed by atoms with Crippen molar-refractivity contribution in [2.45, 2.75) is 0 Å². The molecule has 1 N–H and O–H groups in total. The zero-order valence-corrected chi connectivity index (χ0v) is 20.8. The van der Waals surface area contributed by atoms with E-state index in [9.17, 15) is 9.59 Å². The Labute approximate surface area is 210 Å². The topological polar surface area (TPSA) is 77.0 Å². The number of carbonyl (C=O) groups is 2. The highest BCUT2D eigenvalue weighted by atomic mass is 79.9. The van der Waals surface area contributed by atoms with Crippen molar-refractivity contribution >= 4 is 73.2 Å². The lowest BCUT2D eigenvalue weighted by Gasteiger charge is -2.09. The van der Waals surface area contributed by atoms with Crippen LogP contribution in [-0.2, 0) is 4.79 Å². The van der Waals surface area contributed by atoms with Crippen molar-refractivity contribution in [1.29, 1.82) is 0 Å². The number of hydrazone groups is 1. The Morgan fingerprint density at radius 2 is 1.75 bits per heavy atom. The Bertz CT molecular complexity index is 1190. The van der Waals surface area contributed by atoms with Gasteiger partial charge in [-0.05, 0) is 64.5 Å². The van der Waals surface area contributed by atoms with Gasteiger partial charge in [-0.15, -0.1) is 0 Å². The summed E-state index contributed by atoms with van der Waals surface area (Å²) in [4.78, 5) is 24.5. The van der Waals surface area contributed by atoms with E-state index < -0.39 is 11.9 Å². The van der Waals surface area contributed by atoms with Crippen LogP contribution in [0.15, 0.2) is 74.7 Å². The van der Waals surface area contributed by atoms with Crippen molar-refractivity contribution in [2.24, 2.45) is 5.10 Å². The highest BCUT2D eigenvalue weighted by Crippen LogP contribution is 2.28. The van der Waals surface area contributed by atoms with E-state index in [1.807, 2.05) is 0 Å². The Morgan fingerprint density at radius 3 is 2.50 bits per heavy atom. The Hall–Kier alpha value is -2.39. The number of rotatable bonds is 7. The Morgan fingerprint density at radius 1 is 1.00 bits per heavy atom. The maximum atomic E-state index is 12.5. The Kier molecular flexibility index (Phi) is 8.69. The highest BCUT2D eigenvalue weighted by molar-refractivity contribution is 9.10. The number of nitrogens with zero attached hydrogens (tertiary/aromatic N) is 1. The zero-order chi connectivity index (χ0) is 23.1. The van der Waals surface area contributed by atoms with Crippen LogP contribution in [0, 0.1) is 0 Å². The summed E-state index contributed by atoms with van der Waals surface area (Å²) in [6.45, 7) is -0.260. The van der Waals surface area contributed by atoms with E-state index in [1.165, 1.54) is 6.21 Å². The fourth-order valence-corrected chi connectivity index (χ4v) is 3.83. The molecule has 164 valence electrons. The third-order valence-electron chi connectivity index (χ3n) is 3.91. The third kappa shape index (κ3) is 6.80. The van der Waals surface area contributed by atoms with Gasteiger partial charge < -0.3 is 9.47 Å². The van der Waals surface area contributed by atoms with Gasteiger partial charge in [-0.1, -0.05) is 51.3 Å². The van der Waals surface area contributed by atoms with Gasteiger partial charge in [-0.3, -0.25) is 4.79 Å². The van der Waals surface area contributed by atoms with Gasteiger partial charge in [0.2, 0.25) is 0 Å². The van der Waals surface area contributed by atoms with Gasteiger partial charge in [-0.25, -0.2) is 10.2 Å². The molecular weight excluding hydrogens is 587 g/mol. The van der Waals surface area contributed by atoms with E-state index >= 15 is 0 Å². The summed E-state index contributed by atoms with van der Waals surface area (Å²) in [7, 11) is 0. The molecule has 0 aliphatic rings. The number of nitrogens with one attached hydrogen (secondary N) is 1. The number of amides is 1. The molecule has 0 atom stereocenters.